The Bertz CT molecular complexity index is 368. The van der Waals surface area contributed by atoms with Gasteiger partial charge in [0.05, 0.1) is 7.11 Å². The Balaban J connectivity index is 3.14. The number of ether oxygens (including phenoxy) is 2. The first-order valence-corrected chi connectivity index (χ1v) is 3.98. The SMILES string of the molecule is COC(=O)c1c(N)cccc1OC(F)F. The van der Waals surface area contributed by atoms with Gasteiger partial charge in [-0.05, 0) is 12.1 Å². The molecule has 2 N–H and O–H groups in total. The number of halogens is 2. The normalized spacial score (nSPS) is 10.1. The van der Waals surface area contributed by atoms with Crippen molar-refractivity contribution in [2.45, 2.75) is 6.61 Å². The largest absolute Gasteiger partial charge is 0.465 e. The molecule has 6 heteroatoms. The van der Waals surface area contributed by atoms with E-state index in [1.54, 1.807) is 0 Å². The van der Waals surface area contributed by atoms with Crippen molar-refractivity contribution in [3.05, 3.63) is 23.8 Å². The molecule has 0 spiro atoms. The van der Waals surface area contributed by atoms with Crippen LogP contribution in [0.4, 0.5) is 14.5 Å². The molecule has 0 aromatic heterocycles. The van der Waals surface area contributed by atoms with Gasteiger partial charge < -0.3 is 15.2 Å². The number of rotatable bonds is 3. The van der Waals surface area contributed by atoms with Crippen LogP contribution in [0.2, 0.25) is 0 Å². The Labute approximate surface area is 84.6 Å². The number of hydrogen-bond acceptors (Lipinski definition) is 4. The quantitative estimate of drug-likeness (QED) is 0.617. The summed E-state index contributed by atoms with van der Waals surface area (Å²) in [6.07, 6.45) is 0. The van der Waals surface area contributed by atoms with Crippen LogP contribution in [0.25, 0.3) is 0 Å². The van der Waals surface area contributed by atoms with E-state index in [2.05, 4.69) is 9.47 Å². The van der Waals surface area contributed by atoms with E-state index in [0.717, 1.165) is 7.11 Å². The van der Waals surface area contributed by atoms with Crippen LogP contribution in [0, 0.1) is 0 Å². The van der Waals surface area contributed by atoms with Crippen LogP contribution < -0.4 is 10.5 Å². The lowest BCUT2D eigenvalue weighted by molar-refractivity contribution is -0.0503. The van der Waals surface area contributed by atoms with E-state index in [1.807, 2.05) is 0 Å². The molecular weight excluding hydrogens is 208 g/mol. The summed E-state index contributed by atoms with van der Waals surface area (Å²) < 4.78 is 32.5. The Morgan fingerprint density at radius 2 is 2.13 bits per heavy atom. The number of anilines is 1. The Kier molecular flexibility index (Phi) is 3.43. The molecule has 4 nitrogen and oxygen atoms in total. The van der Waals surface area contributed by atoms with E-state index in [1.165, 1.54) is 18.2 Å². The van der Waals surface area contributed by atoms with Crippen molar-refractivity contribution in [3.63, 3.8) is 0 Å². The van der Waals surface area contributed by atoms with E-state index >= 15 is 0 Å². The first kappa shape index (κ1) is 11.2. The van der Waals surface area contributed by atoms with Gasteiger partial charge in [-0.2, -0.15) is 8.78 Å². The molecule has 82 valence electrons. The highest BCUT2D eigenvalue weighted by molar-refractivity contribution is 5.98. The minimum absolute atomic E-state index is 0.0278. The lowest BCUT2D eigenvalue weighted by Crippen LogP contribution is -2.11. The Morgan fingerprint density at radius 1 is 1.47 bits per heavy atom. The van der Waals surface area contributed by atoms with Crippen molar-refractivity contribution in [2.24, 2.45) is 0 Å². The summed E-state index contributed by atoms with van der Waals surface area (Å²) in [7, 11) is 1.13. The van der Waals surface area contributed by atoms with Gasteiger partial charge >= 0.3 is 12.6 Å². The number of alkyl halides is 2. The standard InChI is InChI=1S/C9H9F2NO3/c1-14-8(13)7-5(12)3-2-4-6(7)15-9(10)11/h2-4,9H,12H2,1H3. The third kappa shape index (κ3) is 2.55. The Hall–Kier alpha value is -1.85. The second kappa shape index (κ2) is 4.59. The van der Waals surface area contributed by atoms with Crippen molar-refractivity contribution in [2.75, 3.05) is 12.8 Å². The van der Waals surface area contributed by atoms with Crippen LogP contribution in [0.15, 0.2) is 18.2 Å². The molecule has 0 aliphatic carbocycles. The van der Waals surface area contributed by atoms with E-state index in [9.17, 15) is 13.6 Å². The summed E-state index contributed by atoms with van der Waals surface area (Å²) in [5, 5.41) is 0. The summed E-state index contributed by atoms with van der Waals surface area (Å²) in [5.74, 6) is -1.11. The van der Waals surface area contributed by atoms with Crippen molar-refractivity contribution < 1.29 is 23.0 Å². The van der Waals surface area contributed by atoms with Crippen molar-refractivity contribution >= 4 is 11.7 Å². The first-order valence-electron chi connectivity index (χ1n) is 3.98. The molecule has 0 aliphatic heterocycles. The molecule has 0 atom stereocenters. The molecule has 0 saturated carbocycles. The van der Waals surface area contributed by atoms with Gasteiger partial charge in [0.25, 0.3) is 0 Å². The third-order valence-corrected chi connectivity index (χ3v) is 1.66. The summed E-state index contributed by atoms with van der Waals surface area (Å²) in [6, 6.07) is 4.01. The van der Waals surface area contributed by atoms with Crippen LogP contribution >= 0.6 is 0 Å². The summed E-state index contributed by atoms with van der Waals surface area (Å²) in [6.45, 7) is -3.02. The number of esters is 1. The van der Waals surface area contributed by atoms with E-state index in [0.29, 0.717) is 0 Å². The van der Waals surface area contributed by atoms with Gasteiger partial charge in [-0.1, -0.05) is 6.07 Å². The fourth-order valence-corrected chi connectivity index (χ4v) is 1.06. The molecule has 0 heterocycles. The van der Waals surface area contributed by atoms with Crippen molar-refractivity contribution in [1.82, 2.24) is 0 Å². The smallest absolute Gasteiger partial charge is 0.387 e. The highest BCUT2D eigenvalue weighted by atomic mass is 19.3. The number of nitrogens with two attached hydrogens (primary N) is 1. The number of hydrogen-bond donors (Lipinski definition) is 1. The van der Waals surface area contributed by atoms with Crippen molar-refractivity contribution in [3.8, 4) is 5.75 Å². The first-order chi connectivity index (χ1) is 7.06. The molecule has 15 heavy (non-hydrogen) atoms. The average Bonchev–Trinajstić information content (AvgIpc) is 2.16. The summed E-state index contributed by atoms with van der Waals surface area (Å²) in [4.78, 5) is 11.2. The second-order valence-electron chi connectivity index (χ2n) is 2.59. The zero-order valence-electron chi connectivity index (χ0n) is 7.87. The topological polar surface area (TPSA) is 61.5 Å². The van der Waals surface area contributed by atoms with Gasteiger partial charge in [0.15, 0.2) is 0 Å². The van der Waals surface area contributed by atoms with Gasteiger partial charge in [0, 0.05) is 5.69 Å². The van der Waals surface area contributed by atoms with Crippen LogP contribution in [0.5, 0.6) is 5.75 Å². The molecule has 0 saturated heterocycles. The van der Waals surface area contributed by atoms with Crippen LogP contribution in [0.3, 0.4) is 0 Å². The molecule has 0 fully saturated rings. The monoisotopic (exact) mass is 217 g/mol. The molecule has 0 bridgehead atoms. The second-order valence-corrected chi connectivity index (χ2v) is 2.59. The van der Waals surface area contributed by atoms with Crippen LogP contribution in [0.1, 0.15) is 10.4 Å². The number of carbonyl (C=O) groups is 1. The van der Waals surface area contributed by atoms with Gasteiger partial charge in [0.1, 0.15) is 11.3 Å². The molecular formula is C9H9F2NO3. The maximum atomic E-state index is 12.0. The molecule has 0 unspecified atom stereocenters. The number of carbonyl (C=O) groups excluding carboxylic acids is 1. The van der Waals surface area contributed by atoms with Crippen LogP contribution in [-0.4, -0.2) is 19.7 Å². The molecule has 0 radical (unpaired) electrons. The Morgan fingerprint density at radius 3 is 2.67 bits per heavy atom. The molecule has 0 aliphatic rings. The summed E-state index contributed by atoms with van der Waals surface area (Å²) in [5.41, 5.74) is 5.28. The zero-order valence-corrected chi connectivity index (χ0v) is 7.87. The lowest BCUT2D eigenvalue weighted by Gasteiger charge is -2.10. The number of nitrogen functional groups attached to an aromatic ring is 1. The molecule has 0 amide bonds. The minimum Gasteiger partial charge on any atom is -0.465 e. The van der Waals surface area contributed by atoms with Gasteiger partial charge in [0.2, 0.25) is 0 Å². The highest BCUT2D eigenvalue weighted by Gasteiger charge is 2.18. The maximum absolute atomic E-state index is 12.0. The minimum atomic E-state index is -3.02. The predicted octanol–water partition coefficient (Wildman–Crippen LogP) is 1.66. The van der Waals surface area contributed by atoms with E-state index in [-0.39, 0.29) is 17.0 Å². The molecule has 1 rings (SSSR count). The predicted molar refractivity (Wildman–Crippen MR) is 48.8 cm³/mol. The highest BCUT2D eigenvalue weighted by Crippen LogP contribution is 2.26. The van der Waals surface area contributed by atoms with E-state index in [4.69, 9.17) is 5.73 Å². The van der Waals surface area contributed by atoms with Gasteiger partial charge in [-0.15, -0.1) is 0 Å². The lowest BCUT2D eigenvalue weighted by atomic mass is 10.1. The van der Waals surface area contributed by atoms with Crippen LogP contribution in [-0.2, 0) is 4.74 Å². The third-order valence-electron chi connectivity index (χ3n) is 1.66. The molecule has 1 aromatic carbocycles. The van der Waals surface area contributed by atoms with Gasteiger partial charge in [-0.25, -0.2) is 4.79 Å². The fourth-order valence-electron chi connectivity index (χ4n) is 1.06. The number of benzene rings is 1. The number of methoxy groups -OCH3 is 1. The summed E-state index contributed by atoms with van der Waals surface area (Å²) >= 11 is 0. The fraction of sp³-hybridized carbons (Fsp3) is 0.222. The molecule has 1 aromatic rings. The average molecular weight is 217 g/mol. The zero-order chi connectivity index (χ0) is 11.4. The van der Waals surface area contributed by atoms with E-state index < -0.39 is 12.6 Å². The van der Waals surface area contributed by atoms with Gasteiger partial charge in [-0.3, -0.25) is 0 Å². The van der Waals surface area contributed by atoms with Crippen molar-refractivity contribution in [1.29, 1.82) is 0 Å². The maximum Gasteiger partial charge on any atom is 0.387 e.